The molecule has 1 aromatic heterocycles. The molecule has 1 heterocycles. The molecular formula is C3H24N3Na3O9S. The van der Waals surface area contributed by atoms with Crippen LogP contribution in [0, 0.1) is 0 Å². The summed E-state index contributed by atoms with van der Waals surface area (Å²) in [4.78, 5) is 10.8. The number of thiol groups is 1. The summed E-state index contributed by atoms with van der Waals surface area (Å²) in [5.41, 5.74) is 0. The summed E-state index contributed by atoms with van der Waals surface area (Å²) in [5, 5.41) is 0.454. The van der Waals surface area contributed by atoms with Gasteiger partial charge in [0.1, 0.15) is 12.7 Å². The van der Waals surface area contributed by atoms with E-state index in [1.807, 2.05) is 0 Å². The SMILES string of the molecule is O.O.O.O.O.O.O.O.O.Sc1ncncn1.[NaH].[NaH].[NaH]. The fraction of sp³-hybridized carbons (Fsp3) is 0. The molecule has 19 heavy (non-hydrogen) atoms. The van der Waals surface area contributed by atoms with Gasteiger partial charge < -0.3 is 49.3 Å². The van der Waals surface area contributed by atoms with E-state index in [-0.39, 0.29) is 138 Å². The molecule has 0 aliphatic carbocycles. The fourth-order valence-corrected chi connectivity index (χ4v) is 0.336. The molecule has 0 aromatic carbocycles. The molecule has 0 spiro atoms. The van der Waals surface area contributed by atoms with Gasteiger partial charge in [-0.3, -0.25) is 0 Å². The Morgan fingerprint density at radius 1 is 0.579 bits per heavy atom. The van der Waals surface area contributed by atoms with Crippen LogP contribution < -0.4 is 0 Å². The summed E-state index contributed by atoms with van der Waals surface area (Å²) in [5.74, 6) is 0. The predicted molar refractivity (Wildman–Crippen MR) is 81.1 cm³/mol. The molecule has 0 atom stereocenters. The van der Waals surface area contributed by atoms with Gasteiger partial charge in [0.15, 0.2) is 5.16 Å². The first-order valence-corrected chi connectivity index (χ1v) is 2.15. The van der Waals surface area contributed by atoms with Crippen LogP contribution in [-0.4, -0.2) is 153 Å². The summed E-state index contributed by atoms with van der Waals surface area (Å²) in [6.07, 6.45) is 2.80. The molecule has 0 saturated carbocycles. The van der Waals surface area contributed by atoms with E-state index in [2.05, 4.69) is 27.6 Å². The van der Waals surface area contributed by atoms with Gasteiger partial charge in [0.05, 0.1) is 0 Å². The molecule has 114 valence electrons. The standard InChI is InChI=1S/C3H3N3S.3Na.9H2O.3H/c7-3-5-1-4-2-6-3;;;;;;;;;;;;;;;/h1-2H,(H,4,5,6,7);;;;9*1H2;;;. The molecule has 0 radical (unpaired) electrons. The zero-order chi connectivity index (χ0) is 5.11. The zero-order valence-electron chi connectivity index (χ0n) is 7.94. The van der Waals surface area contributed by atoms with Gasteiger partial charge in [-0.1, -0.05) is 0 Å². The van der Waals surface area contributed by atoms with Crippen LogP contribution >= 0.6 is 12.6 Å². The van der Waals surface area contributed by atoms with Crippen molar-refractivity contribution in [3.05, 3.63) is 12.7 Å². The minimum atomic E-state index is 0. The van der Waals surface area contributed by atoms with Crippen LogP contribution in [0.5, 0.6) is 0 Å². The second-order valence-corrected chi connectivity index (χ2v) is 1.34. The summed E-state index contributed by atoms with van der Waals surface area (Å²) in [6.45, 7) is 0. The normalized spacial score (nSPS) is 3.21. The van der Waals surface area contributed by atoms with Gasteiger partial charge >= 0.3 is 88.7 Å². The van der Waals surface area contributed by atoms with E-state index in [1.165, 1.54) is 12.7 Å². The van der Waals surface area contributed by atoms with Crippen molar-refractivity contribution in [2.24, 2.45) is 0 Å². The molecule has 12 nitrogen and oxygen atoms in total. The molecule has 1 aromatic rings. The molecule has 0 aliphatic heterocycles. The van der Waals surface area contributed by atoms with Crippen molar-refractivity contribution in [3.8, 4) is 0 Å². The molecular weight excluding hydrogens is 323 g/mol. The van der Waals surface area contributed by atoms with Gasteiger partial charge in [0.2, 0.25) is 0 Å². The van der Waals surface area contributed by atoms with Crippen molar-refractivity contribution in [2.45, 2.75) is 5.16 Å². The van der Waals surface area contributed by atoms with E-state index in [4.69, 9.17) is 0 Å². The summed E-state index contributed by atoms with van der Waals surface area (Å²) >= 11 is 3.82. The maximum atomic E-state index is 3.82. The molecule has 0 aliphatic rings. The molecule has 1 rings (SSSR count). The fourth-order valence-electron chi connectivity index (χ4n) is 0.233. The van der Waals surface area contributed by atoms with Crippen LogP contribution in [0.3, 0.4) is 0 Å². The van der Waals surface area contributed by atoms with Gasteiger partial charge in [-0.25, -0.2) is 15.0 Å². The van der Waals surface area contributed by atoms with Crippen molar-refractivity contribution in [1.82, 2.24) is 15.0 Å². The van der Waals surface area contributed by atoms with E-state index in [0.717, 1.165) is 0 Å². The average molecular weight is 347 g/mol. The van der Waals surface area contributed by atoms with Gasteiger partial charge in [-0.15, -0.1) is 12.6 Å². The quantitative estimate of drug-likeness (QED) is 0.353. The predicted octanol–water partition coefficient (Wildman–Crippen LogP) is -9.21. The topological polar surface area (TPSA) is 322 Å². The summed E-state index contributed by atoms with van der Waals surface area (Å²) < 4.78 is 0. The first-order valence-electron chi connectivity index (χ1n) is 1.70. The van der Waals surface area contributed by atoms with E-state index in [0.29, 0.717) is 5.16 Å². The number of hydrogen-bond acceptors (Lipinski definition) is 4. The number of aromatic nitrogens is 3. The third-order valence-electron chi connectivity index (χ3n) is 0.480. The van der Waals surface area contributed by atoms with Crippen LogP contribution in [0.15, 0.2) is 17.8 Å². The Labute approximate surface area is 181 Å². The Kier molecular flexibility index (Phi) is 394. The minimum absolute atomic E-state index is 0. The third-order valence-corrected chi connectivity index (χ3v) is 0.711. The Hall–Kier alpha value is 2.00. The van der Waals surface area contributed by atoms with Gasteiger partial charge in [-0.05, 0) is 0 Å². The van der Waals surface area contributed by atoms with Gasteiger partial charge in [0.25, 0.3) is 0 Å². The molecule has 0 amide bonds. The van der Waals surface area contributed by atoms with Gasteiger partial charge in [-0.2, -0.15) is 0 Å². The van der Waals surface area contributed by atoms with Gasteiger partial charge in [0, 0.05) is 0 Å². The average Bonchev–Trinajstić information content (AvgIpc) is 1.69. The number of hydrogen-bond donors (Lipinski definition) is 1. The first kappa shape index (κ1) is 104. The second-order valence-electron chi connectivity index (χ2n) is 0.938. The van der Waals surface area contributed by atoms with Crippen LogP contribution in [0.25, 0.3) is 0 Å². The molecule has 0 saturated heterocycles. The van der Waals surface area contributed by atoms with E-state index in [9.17, 15) is 0 Å². The van der Waals surface area contributed by atoms with Crippen LogP contribution in [0.2, 0.25) is 0 Å². The number of rotatable bonds is 0. The van der Waals surface area contributed by atoms with Crippen molar-refractivity contribution in [1.29, 1.82) is 0 Å². The van der Waals surface area contributed by atoms with Crippen molar-refractivity contribution in [2.75, 3.05) is 0 Å². The van der Waals surface area contributed by atoms with Crippen molar-refractivity contribution >= 4 is 101 Å². The molecule has 0 fully saturated rings. The molecule has 18 N–H and O–H groups in total. The van der Waals surface area contributed by atoms with Crippen LogP contribution in [-0.2, 0) is 0 Å². The summed E-state index contributed by atoms with van der Waals surface area (Å²) in [7, 11) is 0. The Balaban J connectivity index is -0.00000000408. The van der Waals surface area contributed by atoms with Crippen LogP contribution in [0.1, 0.15) is 0 Å². The van der Waals surface area contributed by atoms with Crippen molar-refractivity contribution in [3.63, 3.8) is 0 Å². The van der Waals surface area contributed by atoms with E-state index in [1.54, 1.807) is 0 Å². The third kappa shape index (κ3) is 64.8. The van der Waals surface area contributed by atoms with Crippen molar-refractivity contribution < 1.29 is 49.3 Å². The molecule has 0 unspecified atom stereocenters. The molecule has 0 bridgehead atoms. The Morgan fingerprint density at radius 2 is 0.789 bits per heavy atom. The Morgan fingerprint density at radius 3 is 0.895 bits per heavy atom. The summed E-state index contributed by atoms with van der Waals surface area (Å²) in [6, 6.07) is 0. The second kappa shape index (κ2) is 72.2. The molecule has 16 heteroatoms. The number of nitrogens with zero attached hydrogens (tertiary/aromatic N) is 3. The van der Waals surface area contributed by atoms with E-state index < -0.39 is 0 Å². The monoisotopic (exact) mass is 347 g/mol. The maximum absolute atomic E-state index is 3.82. The zero-order valence-corrected chi connectivity index (χ0v) is 8.84. The first-order chi connectivity index (χ1) is 3.39. The van der Waals surface area contributed by atoms with E-state index >= 15 is 0 Å². The Bertz CT molecular complexity index is 168. The van der Waals surface area contributed by atoms with Crippen LogP contribution in [0.4, 0.5) is 0 Å².